The second-order valence-corrected chi connectivity index (χ2v) is 17.1. The molecule has 0 saturated carbocycles. The number of carbonyl (C=O) groups excluding carboxylic acids is 3. The van der Waals surface area contributed by atoms with Crippen LogP contribution in [-0.2, 0) is 28.6 Å². The number of hydrogen-bond acceptors (Lipinski definition) is 6. The van der Waals surface area contributed by atoms with E-state index in [0.717, 1.165) is 83.5 Å². The summed E-state index contributed by atoms with van der Waals surface area (Å²) in [5.41, 5.74) is 0. The van der Waals surface area contributed by atoms with E-state index in [2.05, 4.69) is 93.7 Å². The molecule has 1 atom stereocenters. The molecule has 0 aromatic rings. The van der Waals surface area contributed by atoms with Crippen LogP contribution in [0.15, 0.2) is 122 Å². The molecule has 0 aromatic heterocycles. The lowest BCUT2D eigenvalue weighted by Gasteiger charge is -2.18. The highest BCUT2D eigenvalue weighted by Gasteiger charge is 2.19. The van der Waals surface area contributed by atoms with Gasteiger partial charge in [-0.3, -0.25) is 14.4 Å². The van der Waals surface area contributed by atoms with Crippen LogP contribution in [0.4, 0.5) is 0 Å². The Balaban J connectivity index is 4.53. The molecule has 0 rings (SSSR count). The van der Waals surface area contributed by atoms with E-state index in [4.69, 9.17) is 14.2 Å². The minimum absolute atomic E-state index is 0.126. The van der Waals surface area contributed by atoms with Gasteiger partial charge in [-0.2, -0.15) is 0 Å². The van der Waals surface area contributed by atoms with Crippen LogP contribution < -0.4 is 0 Å². The lowest BCUT2D eigenvalue weighted by Crippen LogP contribution is -2.30. The highest BCUT2D eigenvalue weighted by Crippen LogP contribution is 2.13. The first-order valence-electron chi connectivity index (χ1n) is 26.6. The lowest BCUT2D eigenvalue weighted by molar-refractivity contribution is -0.166. The first kappa shape index (κ1) is 61.8. The Labute approximate surface area is 405 Å². The van der Waals surface area contributed by atoms with Crippen molar-refractivity contribution in [1.82, 2.24) is 0 Å². The molecule has 0 radical (unpaired) electrons. The van der Waals surface area contributed by atoms with Crippen LogP contribution in [0.2, 0.25) is 0 Å². The molecular weight excluding hydrogens is 817 g/mol. The van der Waals surface area contributed by atoms with Gasteiger partial charge >= 0.3 is 17.9 Å². The van der Waals surface area contributed by atoms with Gasteiger partial charge in [-0.25, -0.2) is 0 Å². The van der Waals surface area contributed by atoms with Gasteiger partial charge < -0.3 is 14.2 Å². The first-order valence-corrected chi connectivity index (χ1v) is 26.6. The van der Waals surface area contributed by atoms with Gasteiger partial charge in [-0.15, -0.1) is 0 Å². The van der Waals surface area contributed by atoms with E-state index < -0.39 is 12.1 Å². The molecule has 0 heterocycles. The van der Waals surface area contributed by atoms with Gasteiger partial charge in [-0.05, 0) is 96.3 Å². The number of ether oxygens (including phenoxy) is 3. The van der Waals surface area contributed by atoms with Crippen LogP contribution in [0.25, 0.3) is 0 Å². The maximum Gasteiger partial charge on any atom is 0.306 e. The number of rotatable bonds is 46. The Morgan fingerprint density at radius 1 is 0.333 bits per heavy atom. The van der Waals surface area contributed by atoms with Gasteiger partial charge in [0.05, 0.1) is 0 Å². The number of unbranched alkanes of at least 4 members (excludes halogenated alkanes) is 18. The fourth-order valence-corrected chi connectivity index (χ4v) is 6.85. The molecule has 0 aliphatic rings. The second-order valence-electron chi connectivity index (χ2n) is 17.1. The third-order valence-corrected chi connectivity index (χ3v) is 10.8. The Morgan fingerprint density at radius 2 is 0.697 bits per heavy atom. The normalized spacial score (nSPS) is 13.1. The SMILES string of the molecule is CC/C=C/C=C/C=C/C=C/CCCCCC(=O)OCC(COC(=O)CCCCCCCCC/C=C/CCCCCCCCCC)OC(=O)CC/C=C/C/C=C/C/C=C/C/C=C/C/C=C/CC. The molecule has 1 unspecified atom stereocenters. The molecule has 0 amide bonds. The van der Waals surface area contributed by atoms with Crippen LogP contribution >= 0.6 is 0 Å². The standard InChI is InChI=1S/C60H96O6/c1-4-7-10-13-16-19-22-25-27-29-30-31-33-35-38-41-44-47-50-53-59(62)65-56-57(55-64-58(61)52-49-46-43-40-37-34-24-21-18-15-12-9-6-3)66-60(63)54-51-48-45-42-39-36-32-28-26-23-20-17-14-11-8-5-2/h8-9,11-12,15,17-18,20-21,24,26,28-30,34,36-37,39,45,48,57H,4-7,10,13-14,16,19,22-23,25,27,31-33,35,38,40-44,46-47,49-56H2,1-3H3/b11-8+,12-9+,18-15+,20-17+,24-21+,28-26+,30-29+,37-34+,39-36+,48-45+. The first-order chi connectivity index (χ1) is 32.5. The Morgan fingerprint density at radius 3 is 1.18 bits per heavy atom. The summed E-state index contributed by atoms with van der Waals surface area (Å²) >= 11 is 0. The molecule has 66 heavy (non-hydrogen) atoms. The number of esters is 3. The highest BCUT2D eigenvalue weighted by atomic mass is 16.6. The fourth-order valence-electron chi connectivity index (χ4n) is 6.85. The van der Waals surface area contributed by atoms with E-state index in [1.54, 1.807) is 0 Å². The van der Waals surface area contributed by atoms with E-state index in [9.17, 15) is 14.4 Å². The van der Waals surface area contributed by atoms with E-state index in [1.165, 1.54) is 89.9 Å². The van der Waals surface area contributed by atoms with Crippen LogP contribution in [0.5, 0.6) is 0 Å². The topological polar surface area (TPSA) is 78.9 Å². The number of carbonyl (C=O) groups is 3. The second kappa shape index (κ2) is 53.4. The smallest absolute Gasteiger partial charge is 0.306 e. The van der Waals surface area contributed by atoms with Crippen LogP contribution in [0, 0.1) is 0 Å². The van der Waals surface area contributed by atoms with Gasteiger partial charge in [-0.1, -0.05) is 226 Å². The summed E-state index contributed by atoms with van der Waals surface area (Å²) in [6, 6.07) is 0. The Hall–Kier alpha value is -4.19. The fraction of sp³-hybridized carbons (Fsp3) is 0.617. The van der Waals surface area contributed by atoms with E-state index in [1.807, 2.05) is 48.6 Å². The molecule has 0 N–H and O–H groups in total. The van der Waals surface area contributed by atoms with Crippen molar-refractivity contribution in [3.8, 4) is 0 Å². The average molecular weight is 913 g/mol. The molecule has 0 bridgehead atoms. The lowest BCUT2D eigenvalue weighted by atomic mass is 10.1. The van der Waals surface area contributed by atoms with Crippen molar-refractivity contribution in [3.05, 3.63) is 122 Å². The van der Waals surface area contributed by atoms with Gasteiger partial charge in [0.2, 0.25) is 0 Å². The van der Waals surface area contributed by atoms with Gasteiger partial charge in [0.15, 0.2) is 6.10 Å². The minimum atomic E-state index is -0.839. The third kappa shape index (κ3) is 50.8. The molecule has 0 aliphatic carbocycles. The molecular formula is C60H96O6. The summed E-state index contributed by atoms with van der Waals surface area (Å²) in [5, 5.41) is 0. The van der Waals surface area contributed by atoms with E-state index >= 15 is 0 Å². The summed E-state index contributed by atoms with van der Waals surface area (Å²) in [5.74, 6) is -1.06. The van der Waals surface area contributed by atoms with Crippen molar-refractivity contribution in [2.75, 3.05) is 13.2 Å². The minimum Gasteiger partial charge on any atom is -0.462 e. The molecule has 6 heteroatoms. The van der Waals surface area contributed by atoms with Crippen molar-refractivity contribution in [1.29, 1.82) is 0 Å². The summed E-state index contributed by atoms with van der Waals surface area (Å²) in [6.45, 7) is 6.27. The van der Waals surface area contributed by atoms with Crippen molar-refractivity contribution in [2.24, 2.45) is 0 Å². The van der Waals surface area contributed by atoms with E-state index in [-0.39, 0.29) is 31.6 Å². The van der Waals surface area contributed by atoms with Gasteiger partial charge in [0, 0.05) is 19.3 Å². The molecule has 0 saturated heterocycles. The highest BCUT2D eigenvalue weighted by molar-refractivity contribution is 5.71. The van der Waals surface area contributed by atoms with Crippen molar-refractivity contribution >= 4 is 17.9 Å². The van der Waals surface area contributed by atoms with Crippen LogP contribution in [-0.4, -0.2) is 37.2 Å². The maximum absolute atomic E-state index is 12.8. The molecule has 0 aliphatic heterocycles. The predicted octanol–water partition coefficient (Wildman–Crippen LogP) is 17.7. The molecule has 0 spiro atoms. The molecule has 6 nitrogen and oxygen atoms in total. The van der Waals surface area contributed by atoms with Crippen molar-refractivity contribution < 1.29 is 28.6 Å². The molecule has 372 valence electrons. The predicted molar refractivity (Wildman–Crippen MR) is 283 cm³/mol. The quantitative estimate of drug-likeness (QED) is 0.0199. The summed E-state index contributed by atoms with van der Waals surface area (Å²) in [6.07, 6.45) is 73.5. The van der Waals surface area contributed by atoms with Crippen LogP contribution in [0.1, 0.15) is 220 Å². The molecule has 0 fully saturated rings. The van der Waals surface area contributed by atoms with Gasteiger partial charge in [0.1, 0.15) is 13.2 Å². The molecule has 0 aromatic carbocycles. The zero-order chi connectivity index (χ0) is 47.9. The van der Waals surface area contributed by atoms with Gasteiger partial charge in [0.25, 0.3) is 0 Å². The van der Waals surface area contributed by atoms with Crippen molar-refractivity contribution in [3.63, 3.8) is 0 Å². The zero-order valence-electron chi connectivity index (χ0n) is 42.4. The van der Waals surface area contributed by atoms with Crippen LogP contribution in [0.3, 0.4) is 0 Å². The summed E-state index contributed by atoms with van der Waals surface area (Å²) in [7, 11) is 0. The average Bonchev–Trinajstić information content (AvgIpc) is 3.31. The Kier molecular flexibility index (Phi) is 50.0. The van der Waals surface area contributed by atoms with Crippen molar-refractivity contribution in [2.45, 2.75) is 226 Å². The number of allylic oxidation sites excluding steroid dienone is 20. The maximum atomic E-state index is 12.8. The third-order valence-electron chi connectivity index (χ3n) is 10.8. The Bertz CT molecular complexity index is 1420. The summed E-state index contributed by atoms with van der Waals surface area (Å²) < 4.78 is 16.7. The zero-order valence-corrected chi connectivity index (χ0v) is 42.4. The summed E-state index contributed by atoms with van der Waals surface area (Å²) in [4.78, 5) is 38.0. The monoisotopic (exact) mass is 913 g/mol. The number of hydrogen-bond donors (Lipinski definition) is 0. The van der Waals surface area contributed by atoms with E-state index in [0.29, 0.717) is 19.3 Å². The largest absolute Gasteiger partial charge is 0.462 e.